The SMILES string of the molecule is CCOc1cccc(NC(CC)CC2CC2)c1[N+](=O)[O-]. The van der Waals surface area contributed by atoms with Gasteiger partial charge in [0.25, 0.3) is 0 Å². The van der Waals surface area contributed by atoms with Gasteiger partial charge >= 0.3 is 5.69 Å². The van der Waals surface area contributed by atoms with E-state index in [1.165, 1.54) is 12.8 Å². The molecule has 0 saturated heterocycles. The number of nitro benzene ring substituents is 1. The number of para-hydroxylation sites is 1. The zero-order valence-electron chi connectivity index (χ0n) is 12.1. The van der Waals surface area contributed by atoms with Gasteiger partial charge in [-0.05, 0) is 37.8 Å². The van der Waals surface area contributed by atoms with Gasteiger partial charge in [0.1, 0.15) is 5.69 Å². The molecule has 0 heterocycles. The van der Waals surface area contributed by atoms with Crippen LogP contribution in [-0.4, -0.2) is 17.6 Å². The minimum atomic E-state index is -0.364. The average Bonchev–Trinajstić information content (AvgIpc) is 3.22. The van der Waals surface area contributed by atoms with E-state index in [4.69, 9.17) is 4.74 Å². The average molecular weight is 278 g/mol. The molecule has 1 fully saturated rings. The fraction of sp³-hybridized carbons (Fsp3) is 0.600. The summed E-state index contributed by atoms with van der Waals surface area (Å²) in [6.45, 7) is 4.35. The summed E-state index contributed by atoms with van der Waals surface area (Å²) in [7, 11) is 0. The summed E-state index contributed by atoms with van der Waals surface area (Å²) < 4.78 is 5.37. The van der Waals surface area contributed by atoms with Crippen molar-refractivity contribution in [2.45, 2.75) is 45.6 Å². The lowest BCUT2D eigenvalue weighted by atomic mass is 10.1. The van der Waals surface area contributed by atoms with Crippen LogP contribution in [0.25, 0.3) is 0 Å². The molecule has 0 spiro atoms. The Kier molecular flexibility index (Phi) is 4.82. The van der Waals surface area contributed by atoms with E-state index in [0.717, 1.165) is 18.8 Å². The van der Waals surface area contributed by atoms with Gasteiger partial charge in [0.15, 0.2) is 5.75 Å². The minimum Gasteiger partial charge on any atom is -0.487 e. The van der Waals surface area contributed by atoms with E-state index in [1.807, 2.05) is 6.92 Å². The number of rotatable bonds is 8. The van der Waals surface area contributed by atoms with Crippen molar-refractivity contribution in [2.24, 2.45) is 5.92 Å². The molecular weight excluding hydrogens is 256 g/mol. The molecule has 1 atom stereocenters. The Morgan fingerprint density at radius 3 is 2.75 bits per heavy atom. The van der Waals surface area contributed by atoms with Gasteiger partial charge in [-0.1, -0.05) is 25.8 Å². The fourth-order valence-corrected chi connectivity index (χ4v) is 2.40. The molecular formula is C15H22N2O3. The lowest BCUT2D eigenvalue weighted by Crippen LogP contribution is -2.20. The predicted octanol–water partition coefficient (Wildman–Crippen LogP) is 3.98. The van der Waals surface area contributed by atoms with Crippen molar-refractivity contribution in [1.29, 1.82) is 0 Å². The van der Waals surface area contributed by atoms with E-state index >= 15 is 0 Å². The second-order valence-electron chi connectivity index (χ2n) is 5.27. The van der Waals surface area contributed by atoms with Gasteiger partial charge < -0.3 is 10.1 Å². The highest BCUT2D eigenvalue weighted by Gasteiger charge is 2.27. The highest BCUT2D eigenvalue weighted by atomic mass is 16.6. The summed E-state index contributed by atoms with van der Waals surface area (Å²) >= 11 is 0. The zero-order chi connectivity index (χ0) is 14.5. The van der Waals surface area contributed by atoms with Gasteiger partial charge in [-0.2, -0.15) is 0 Å². The van der Waals surface area contributed by atoms with Crippen LogP contribution in [0.15, 0.2) is 18.2 Å². The van der Waals surface area contributed by atoms with Crippen LogP contribution in [0, 0.1) is 16.0 Å². The molecule has 0 radical (unpaired) electrons. The van der Waals surface area contributed by atoms with E-state index < -0.39 is 0 Å². The first-order chi connectivity index (χ1) is 9.65. The third-order valence-corrected chi connectivity index (χ3v) is 3.65. The number of hydrogen-bond acceptors (Lipinski definition) is 4. The van der Waals surface area contributed by atoms with Crippen molar-refractivity contribution < 1.29 is 9.66 Å². The van der Waals surface area contributed by atoms with Gasteiger partial charge in [-0.15, -0.1) is 0 Å². The first kappa shape index (κ1) is 14.6. The van der Waals surface area contributed by atoms with Gasteiger partial charge in [0.2, 0.25) is 0 Å². The smallest absolute Gasteiger partial charge is 0.333 e. The number of nitrogens with zero attached hydrogens (tertiary/aromatic N) is 1. The molecule has 110 valence electrons. The third-order valence-electron chi connectivity index (χ3n) is 3.65. The molecule has 0 bridgehead atoms. The maximum Gasteiger partial charge on any atom is 0.333 e. The standard InChI is InChI=1S/C15H22N2O3/c1-3-12(10-11-8-9-11)16-13-6-5-7-14(20-4-2)15(13)17(18)19/h5-7,11-12,16H,3-4,8-10H2,1-2H3. The quantitative estimate of drug-likeness (QED) is 0.577. The van der Waals surface area contributed by atoms with Gasteiger partial charge in [-0.25, -0.2) is 0 Å². The van der Waals surface area contributed by atoms with Gasteiger partial charge in [-0.3, -0.25) is 10.1 Å². The van der Waals surface area contributed by atoms with E-state index in [-0.39, 0.29) is 16.7 Å². The van der Waals surface area contributed by atoms with Crippen LogP contribution < -0.4 is 10.1 Å². The Bertz CT molecular complexity index is 472. The van der Waals surface area contributed by atoms with Crippen molar-refractivity contribution in [3.05, 3.63) is 28.3 Å². The summed E-state index contributed by atoms with van der Waals surface area (Å²) in [5.74, 6) is 1.13. The van der Waals surface area contributed by atoms with Crippen LogP contribution in [-0.2, 0) is 0 Å². The van der Waals surface area contributed by atoms with E-state index in [9.17, 15) is 10.1 Å². The van der Waals surface area contributed by atoms with Crippen LogP contribution in [0.4, 0.5) is 11.4 Å². The van der Waals surface area contributed by atoms with Gasteiger partial charge in [0, 0.05) is 6.04 Å². The molecule has 1 aromatic rings. The molecule has 5 heteroatoms. The third kappa shape index (κ3) is 3.62. The second-order valence-corrected chi connectivity index (χ2v) is 5.27. The summed E-state index contributed by atoms with van der Waals surface area (Å²) in [6.07, 6.45) is 4.64. The Hall–Kier alpha value is -1.78. The number of hydrogen-bond donors (Lipinski definition) is 1. The maximum atomic E-state index is 11.3. The molecule has 2 rings (SSSR count). The van der Waals surface area contributed by atoms with Crippen molar-refractivity contribution >= 4 is 11.4 Å². The van der Waals surface area contributed by atoms with Crippen molar-refractivity contribution in [2.75, 3.05) is 11.9 Å². The predicted molar refractivity (Wildman–Crippen MR) is 79.3 cm³/mol. The van der Waals surface area contributed by atoms with E-state index in [2.05, 4.69) is 12.2 Å². The molecule has 1 unspecified atom stereocenters. The van der Waals surface area contributed by atoms with Crippen LogP contribution >= 0.6 is 0 Å². The Balaban J connectivity index is 2.19. The van der Waals surface area contributed by atoms with E-state index in [0.29, 0.717) is 18.0 Å². The highest BCUT2D eigenvalue weighted by Crippen LogP contribution is 2.38. The minimum absolute atomic E-state index is 0.0450. The summed E-state index contributed by atoms with van der Waals surface area (Å²) in [5.41, 5.74) is 0.608. The molecule has 1 aliphatic carbocycles. The number of anilines is 1. The summed E-state index contributed by atoms with van der Waals surface area (Å²) in [6, 6.07) is 5.49. The first-order valence-corrected chi connectivity index (χ1v) is 7.32. The number of benzene rings is 1. The summed E-state index contributed by atoms with van der Waals surface area (Å²) in [4.78, 5) is 10.9. The van der Waals surface area contributed by atoms with Crippen LogP contribution in [0.1, 0.15) is 39.5 Å². The highest BCUT2D eigenvalue weighted by molar-refractivity contribution is 5.68. The molecule has 1 aromatic carbocycles. The number of nitrogens with one attached hydrogen (secondary N) is 1. The Labute approximate surface area is 119 Å². The summed E-state index contributed by atoms with van der Waals surface area (Å²) in [5, 5.41) is 14.6. The monoisotopic (exact) mass is 278 g/mol. The topological polar surface area (TPSA) is 64.4 Å². The van der Waals surface area contributed by atoms with Crippen LogP contribution in [0.3, 0.4) is 0 Å². The fourth-order valence-electron chi connectivity index (χ4n) is 2.40. The van der Waals surface area contributed by atoms with Gasteiger partial charge in [0.05, 0.1) is 11.5 Å². The van der Waals surface area contributed by atoms with Crippen molar-refractivity contribution in [3.8, 4) is 5.75 Å². The largest absolute Gasteiger partial charge is 0.487 e. The Morgan fingerprint density at radius 1 is 1.45 bits per heavy atom. The Morgan fingerprint density at radius 2 is 2.20 bits per heavy atom. The van der Waals surface area contributed by atoms with Crippen molar-refractivity contribution in [1.82, 2.24) is 0 Å². The van der Waals surface area contributed by atoms with Crippen molar-refractivity contribution in [3.63, 3.8) is 0 Å². The number of nitro groups is 1. The number of ether oxygens (including phenoxy) is 1. The van der Waals surface area contributed by atoms with Crippen LogP contribution in [0.5, 0.6) is 5.75 Å². The molecule has 0 amide bonds. The lowest BCUT2D eigenvalue weighted by molar-refractivity contribution is -0.385. The lowest BCUT2D eigenvalue weighted by Gasteiger charge is -2.18. The zero-order valence-corrected chi connectivity index (χ0v) is 12.1. The molecule has 1 aliphatic rings. The normalized spacial score (nSPS) is 15.7. The molecule has 0 aromatic heterocycles. The van der Waals surface area contributed by atoms with Crippen LogP contribution in [0.2, 0.25) is 0 Å². The molecule has 5 nitrogen and oxygen atoms in total. The first-order valence-electron chi connectivity index (χ1n) is 7.32. The maximum absolute atomic E-state index is 11.3. The molecule has 20 heavy (non-hydrogen) atoms. The molecule has 1 N–H and O–H groups in total. The molecule has 1 saturated carbocycles. The molecule has 0 aliphatic heterocycles. The van der Waals surface area contributed by atoms with E-state index in [1.54, 1.807) is 18.2 Å². The second kappa shape index (κ2) is 6.59.